The molecule has 19 heavy (non-hydrogen) atoms. The van der Waals surface area contributed by atoms with E-state index in [1.165, 1.54) is 12.1 Å². The summed E-state index contributed by atoms with van der Waals surface area (Å²) in [6, 6.07) is 4.51. The third-order valence-corrected chi connectivity index (χ3v) is 4.54. The molecule has 102 valence electrons. The second-order valence-electron chi connectivity index (χ2n) is 4.67. The molecule has 5 nitrogen and oxygen atoms in total. The molecule has 0 radical (unpaired) electrons. The van der Waals surface area contributed by atoms with Crippen LogP contribution in [-0.4, -0.2) is 24.0 Å². The normalized spacial score (nSPS) is 11.2. The Morgan fingerprint density at radius 1 is 1.21 bits per heavy atom. The molecular formula is C13H16N2O3S. The highest BCUT2D eigenvalue weighted by Gasteiger charge is 2.38. The second-order valence-corrected chi connectivity index (χ2v) is 6.54. The van der Waals surface area contributed by atoms with Crippen LogP contribution in [0.2, 0.25) is 0 Å². The molecule has 0 aromatic heterocycles. The number of aryl methyl sites for hydroxylation is 2. The molecule has 0 aliphatic heterocycles. The maximum Gasteiger partial charge on any atom is 0.452 e. The van der Waals surface area contributed by atoms with Crippen molar-refractivity contribution in [2.24, 2.45) is 5.92 Å². The molecule has 0 N–H and O–H groups in total. The monoisotopic (exact) mass is 280 g/mol. The van der Waals surface area contributed by atoms with Gasteiger partial charge in [0.2, 0.25) is 0 Å². The van der Waals surface area contributed by atoms with Gasteiger partial charge in [-0.05, 0) is 37.1 Å². The molecule has 0 saturated heterocycles. The predicted molar refractivity (Wildman–Crippen MR) is 71.6 cm³/mol. The highest BCUT2D eigenvalue weighted by atomic mass is 32.2. The number of carbonyl (C=O) groups is 1. The minimum Gasteiger partial charge on any atom is -0.360 e. The highest BCUT2D eigenvalue weighted by molar-refractivity contribution is 8.08. The first-order chi connectivity index (χ1) is 8.71. The van der Waals surface area contributed by atoms with Gasteiger partial charge in [0.05, 0.1) is 4.90 Å². The van der Waals surface area contributed by atoms with Crippen molar-refractivity contribution in [3.05, 3.63) is 34.9 Å². The smallest absolute Gasteiger partial charge is 0.360 e. The van der Waals surface area contributed by atoms with Crippen molar-refractivity contribution in [3.63, 3.8) is 0 Å². The Labute approximate surface area is 112 Å². The van der Waals surface area contributed by atoms with E-state index in [4.69, 9.17) is 5.53 Å². The standard InChI is InChI=1S/C13H16N2O3S/c1-8(2)12(16)13(15-14)19(17,18)11-6-5-9(3)10(4)7-11/h5-8H,1-4H3. The lowest BCUT2D eigenvalue weighted by atomic mass is 10.1. The molecule has 0 unspecified atom stereocenters. The van der Waals surface area contributed by atoms with Gasteiger partial charge in [0.1, 0.15) is 0 Å². The van der Waals surface area contributed by atoms with Crippen LogP contribution >= 0.6 is 0 Å². The van der Waals surface area contributed by atoms with Crippen molar-refractivity contribution in [1.82, 2.24) is 0 Å². The van der Waals surface area contributed by atoms with E-state index in [0.29, 0.717) is 0 Å². The van der Waals surface area contributed by atoms with E-state index in [1.54, 1.807) is 26.8 Å². The van der Waals surface area contributed by atoms with E-state index in [1.807, 2.05) is 6.92 Å². The van der Waals surface area contributed by atoms with Gasteiger partial charge in [-0.3, -0.25) is 4.79 Å². The van der Waals surface area contributed by atoms with Crippen LogP contribution in [0.5, 0.6) is 0 Å². The van der Waals surface area contributed by atoms with E-state index in [9.17, 15) is 13.2 Å². The molecule has 0 atom stereocenters. The van der Waals surface area contributed by atoms with Crippen LogP contribution in [0.1, 0.15) is 25.0 Å². The van der Waals surface area contributed by atoms with Crippen LogP contribution in [-0.2, 0) is 14.6 Å². The van der Waals surface area contributed by atoms with Gasteiger partial charge in [-0.15, -0.1) is 4.79 Å². The number of Topliss-reactive ketones (excluding diaryl/α,β-unsaturated/α-hetero) is 1. The zero-order valence-corrected chi connectivity index (χ0v) is 12.2. The zero-order valence-electron chi connectivity index (χ0n) is 11.3. The molecule has 0 amide bonds. The van der Waals surface area contributed by atoms with Gasteiger partial charge in [-0.2, -0.15) is 0 Å². The molecule has 1 aromatic carbocycles. The lowest BCUT2D eigenvalue weighted by Gasteiger charge is -2.05. The summed E-state index contributed by atoms with van der Waals surface area (Å²) in [5, 5.41) is -0.814. The Kier molecular flexibility index (Phi) is 4.39. The number of hydrogen-bond acceptors (Lipinski definition) is 3. The van der Waals surface area contributed by atoms with Crippen LogP contribution in [0, 0.1) is 19.8 Å². The molecule has 1 rings (SSSR count). The average Bonchev–Trinajstić information content (AvgIpc) is 2.32. The number of ketones is 1. The van der Waals surface area contributed by atoms with Crippen LogP contribution < -0.4 is 0 Å². The Balaban J connectivity index is 3.42. The second kappa shape index (κ2) is 5.47. The van der Waals surface area contributed by atoms with Crippen molar-refractivity contribution < 1.29 is 18.0 Å². The summed E-state index contributed by atoms with van der Waals surface area (Å²) < 4.78 is 24.5. The first-order valence-electron chi connectivity index (χ1n) is 5.80. The molecule has 0 bridgehead atoms. The highest BCUT2D eigenvalue weighted by Crippen LogP contribution is 2.18. The van der Waals surface area contributed by atoms with Gasteiger partial charge in [0.25, 0.3) is 15.6 Å². The van der Waals surface area contributed by atoms with Gasteiger partial charge >= 0.3 is 5.04 Å². The molecule has 0 spiro atoms. The quantitative estimate of drug-likeness (QED) is 0.367. The number of hydrogen-bond donors (Lipinski definition) is 0. The van der Waals surface area contributed by atoms with E-state index in [0.717, 1.165) is 11.1 Å². The van der Waals surface area contributed by atoms with Crippen LogP contribution in [0.25, 0.3) is 5.53 Å². The third-order valence-electron chi connectivity index (χ3n) is 2.87. The van der Waals surface area contributed by atoms with Gasteiger partial charge in [-0.1, -0.05) is 19.9 Å². The van der Waals surface area contributed by atoms with Crippen molar-refractivity contribution >= 4 is 20.7 Å². The fourth-order valence-corrected chi connectivity index (χ4v) is 2.89. The number of carbonyl (C=O) groups excluding carboxylic acids is 1. The third kappa shape index (κ3) is 2.97. The maximum absolute atomic E-state index is 12.3. The minimum atomic E-state index is -4.08. The fourth-order valence-electron chi connectivity index (χ4n) is 1.48. The summed E-state index contributed by atoms with van der Waals surface area (Å²) in [4.78, 5) is 14.4. The zero-order chi connectivity index (χ0) is 14.8. The van der Waals surface area contributed by atoms with Crippen molar-refractivity contribution in [3.8, 4) is 0 Å². The van der Waals surface area contributed by atoms with Crippen molar-refractivity contribution in [2.45, 2.75) is 32.6 Å². The Morgan fingerprint density at radius 2 is 1.79 bits per heavy atom. The number of sulfone groups is 1. The van der Waals surface area contributed by atoms with E-state index in [-0.39, 0.29) is 4.90 Å². The van der Waals surface area contributed by atoms with Gasteiger partial charge in [0, 0.05) is 5.92 Å². The SMILES string of the molecule is Cc1ccc(S(=O)(=O)C(=[N+]=[N-])C(=O)C(C)C)cc1C. The molecule has 0 fully saturated rings. The molecule has 0 aliphatic rings. The average molecular weight is 280 g/mol. The summed E-state index contributed by atoms with van der Waals surface area (Å²) in [5.74, 6) is -1.27. The van der Waals surface area contributed by atoms with Crippen molar-refractivity contribution in [1.29, 1.82) is 0 Å². The van der Waals surface area contributed by atoms with Gasteiger partial charge in [-0.25, -0.2) is 8.42 Å². The van der Waals surface area contributed by atoms with Gasteiger partial charge in [0.15, 0.2) is 0 Å². The maximum atomic E-state index is 12.3. The number of nitrogens with zero attached hydrogens (tertiary/aromatic N) is 2. The predicted octanol–water partition coefficient (Wildman–Crippen LogP) is 1.93. The minimum absolute atomic E-state index is 0.0441. The van der Waals surface area contributed by atoms with Crippen LogP contribution in [0.3, 0.4) is 0 Å². The van der Waals surface area contributed by atoms with E-state index < -0.39 is 26.6 Å². The molecule has 1 aromatic rings. The largest absolute Gasteiger partial charge is 0.452 e. The summed E-state index contributed by atoms with van der Waals surface area (Å²) in [6.07, 6.45) is 0. The molecular weight excluding hydrogens is 264 g/mol. The molecule has 6 heteroatoms. The number of rotatable bonds is 3. The Morgan fingerprint density at radius 3 is 2.21 bits per heavy atom. The van der Waals surface area contributed by atoms with E-state index >= 15 is 0 Å². The summed E-state index contributed by atoms with van der Waals surface area (Å²) in [7, 11) is -4.08. The van der Waals surface area contributed by atoms with Crippen LogP contribution in [0.4, 0.5) is 0 Å². The first kappa shape index (κ1) is 15.3. The Bertz CT molecular complexity index is 669. The van der Waals surface area contributed by atoms with Crippen molar-refractivity contribution in [2.75, 3.05) is 0 Å². The van der Waals surface area contributed by atoms with E-state index in [2.05, 4.69) is 4.79 Å². The summed E-state index contributed by atoms with van der Waals surface area (Å²) >= 11 is 0. The topological polar surface area (TPSA) is 87.6 Å². The number of benzene rings is 1. The lowest BCUT2D eigenvalue weighted by molar-refractivity contribution is -0.119. The van der Waals surface area contributed by atoms with Gasteiger partial charge < -0.3 is 5.53 Å². The first-order valence-corrected chi connectivity index (χ1v) is 7.28. The molecule has 0 aliphatic carbocycles. The molecule has 0 heterocycles. The summed E-state index contributed by atoms with van der Waals surface area (Å²) in [5.41, 5.74) is 10.6. The Hall–Kier alpha value is -1.78. The molecule has 0 saturated carbocycles. The fraction of sp³-hybridized carbons (Fsp3) is 0.385. The lowest BCUT2D eigenvalue weighted by Crippen LogP contribution is -2.29. The van der Waals surface area contributed by atoms with Crippen LogP contribution in [0.15, 0.2) is 23.1 Å². The summed E-state index contributed by atoms with van der Waals surface area (Å²) in [6.45, 7) is 6.72.